The Morgan fingerprint density at radius 3 is 2.50 bits per heavy atom. The summed E-state index contributed by atoms with van der Waals surface area (Å²) >= 11 is 0. The topological polar surface area (TPSA) is 46.2 Å². The maximum Gasteiger partial charge on any atom is 0.0585 e. The molecule has 16 heavy (non-hydrogen) atoms. The van der Waals surface area contributed by atoms with Crippen molar-refractivity contribution in [3.8, 4) is 0 Å². The molecular weight excluding hydrogens is 222 g/mol. The Kier molecular flexibility index (Phi) is 4.74. The summed E-state index contributed by atoms with van der Waals surface area (Å²) in [6.45, 7) is 0.0310. The largest absolute Gasteiger partial charge is 0.395 e. The summed E-state index contributed by atoms with van der Waals surface area (Å²) in [6.07, 6.45) is 0.720. The van der Waals surface area contributed by atoms with E-state index in [1.165, 1.54) is 16.3 Å². The predicted octanol–water partition coefficient (Wildman–Crippen LogP) is 2.12. The van der Waals surface area contributed by atoms with Crippen molar-refractivity contribution in [2.24, 2.45) is 5.73 Å². The third kappa shape index (κ3) is 2.73. The van der Waals surface area contributed by atoms with E-state index in [1.807, 2.05) is 18.2 Å². The number of nitrogens with two attached hydrogens (primary N) is 1. The summed E-state index contributed by atoms with van der Waals surface area (Å²) in [5.41, 5.74) is 6.95. The summed E-state index contributed by atoms with van der Waals surface area (Å²) in [6, 6.07) is 14.2. The van der Waals surface area contributed by atoms with Crippen LogP contribution in [0.2, 0.25) is 0 Å². The molecule has 0 saturated carbocycles. The zero-order chi connectivity index (χ0) is 10.7. The van der Waals surface area contributed by atoms with Gasteiger partial charge in [0.05, 0.1) is 6.61 Å². The summed E-state index contributed by atoms with van der Waals surface area (Å²) in [5.74, 6) is 0. The molecule has 1 atom stereocenters. The van der Waals surface area contributed by atoms with Crippen molar-refractivity contribution in [3.05, 3.63) is 48.0 Å². The van der Waals surface area contributed by atoms with Crippen molar-refractivity contribution in [2.45, 2.75) is 12.5 Å². The molecule has 0 heterocycles. The van der Waals surface area contributed by atoms with E-state index in [-0.39, 0.29) is 25.1 Å². The van der Waals surface area contributed by atoms with Crippen LogP contribution in [0.25, 0.3) is 10.8 Å². The molecular formula is C13H16ClNO. The highest BCUT2D eigenvalue weighted by Gasteiger charge is 2.05. The van der Waals surface area contributed by atoms with Crippen molar-refractivity contribution in [3.63, 3.8) is 0 Å². The minimum atomic E-state index is -0.171. The zero-order valence-corrected chi connectivity index (χ0v) is 9.78. The van der Waals surface area contributed by atoms with E-state index in [9.17, 15) is 0 Å². The molecule has 0 aliphatic carbocycles. The fraction of sp³-hybridized carbons (Fsp3) is 0.231. The molecule has 0 spiro atoms. The molecule has 3 N–H and O–H groups in total. The maximum absolute atomic E-state index is 8.94. The second kappa shape index (κ2) is 5.85. The Hall–Kier alpha value is -1.09. The first-order valence-corrected chi connectivity index (χ1v) is 5.14. The molecule has 2 nitrogen and oxygen atoms in total. The van der Waals surface area contributed by atoms with E-state index in [1.54, 1.807) is 0 Å². The quantitative estimate of drug-likeness (QED) is 0.859. The molecule has 0 amide bonds. The molecule has 2 aromatic rings. The van der Waals surface area contributed by atoms with Gasteiger partial charge in [0.2, 0.25) is 0 Å². The first-order valence-electron chi connectivity index (χ1n) is 5.14. The normalized spacial score (nSPS) is 12.1. The molecule has 2 aromatic carbocycles. The molecule has 0 aliphatic heterocycles. The Morgan fingerprint density at radius 1 is 1.06 bits per heavy atom. The molecule has 0 radical (unpaired) electrons. The lowest BCUT2D eigenvalue weighted by Crippen LogP contribution is -2.26. The van der Waals surface area contributed by atoms with E-state index in [0.717, 1.165) is 6.42 Å². The molecule has 1 unspecified atom stereocenters. The molecule has 0 bridgehead atoms. The lowest BCUT2D eigenvalue weighted by Gasteiger charge is -2.10. The monoisotopic (exact) mass is 237 g/mol. The van der Waals surface area contributed by atoms with E-state index >= 15 is 0 Å². The number of fused-ring (bicyclic) bond motifs is 1. The van der Waals surface area contributed by atoms with Crippen molar-refractivity contribution >= 4 is 23.2 Å². The fourth-order valence-electron chi connectivity index (χ4n) is 1.82. The van der Waals surface area contributed by atoms with Gasteiger partial charge in [0, 0.05) is 6.04 Å². The van der Waals surface area contributed by atoms with Crippen LogP contribution >= 0.6 is 12.4 Å². The number of hydrogen-bond acceptors (Lipinski definition) is 2. The van der Waals surface area contributed by atoms with Gasteiger partial charge in [-0.05, 0) is 22.8 Å². The van der Waals surface area contributed by atoms with E-state index in [4.69, 9.17) is 10.8 Å². The predicted molar refractivity (Wildman–Crippen MR) is 70.0 cm³/mol. The Bertz CT molecular complexity index is 453. The van der Waals surface area contributed by atoms with Gasteiger partial charge in [-0.25, -0.2) is 0 Å². The summed E-state index contributed by atoms with van der Waals surface area (Å²) in [5, 5.41) is 11.4. The van der Waals surface area contributed by atoms with Gasteiger partial charge in [0.25, 0.3) is 0 Å². The summed E-state index contributed by atoms with van der Waals surface area (Å²) < 4.78 is 0. The highest BCUT2D eigenvalue weighted by atomic mass is 35.5. The average Bonchev–Trinajstić information content (AvgIpc) is 2.29. The van der Waals surface area contributed by atoms with Gasteiger partial charge in [-0.15, -0.1) is 12.4 Å². The number of benzene rings is 2. The molecule has 3 heteroatoms. The Morgan fingerprint density at radius 2 is 1.75 bits per heavy atom. The molecule has 0 aromatic heterocycles. The van der Waals surface area contributed by atoms with Crippen LogP contribution in [0.5, 0.6) is 0 Å². The van der Waals surface area contributed by atoms with Crippen LogP contribution in [0.15, 0.2) is 42.5 Å². The summed E-state index contributed by atoms with van der Waals surface area (Å²) in [7, 11) is 0. The molecule has 0 aliphatic rings. The van der Waals surface area contributed by atoms with Crippen molar-refractivity contribution in [1.29, 1.82) is 0 Å². The van der Waals surface area contributed by atoms with Crippen LogP contribution in [-0.4, -0.2) is 17.8 Å². The Labute approximate surface area is 101 Å². The standard InChI is InChI=1S/C13H15NO.ClH/c14-12(9-15)8-11-6-3-5-10-4-1-2-7-13(10)11;/h1-7,12,15H,8-9,14H2;1H. The molecule has 86 valence electrons. The second-order valence-electron chi connectivity index (χ2n) is 3.79. The SMILES string of the molecule is Cl.NC(CO)Cc1cccc2ccccc12. The van der Waals surface area contributed by atoms with Crippen LogP contribution < -0.4 is 5.73 Å². The summed E-state index contributed by atoms with van der Waals surface area (Å²) in [4.78, 5) is 0. The third-order valence-electron chi connectivity index (χ3n) is 2.60. The second-order valence-corrected chi connectivity index (χ2v) is 3.79. The number of halogens is 1. The van der Waals surface area contributed by atoms with Crippen LogP contribution in [0.1, 0.15) is 5.56 Å². The van der Waals surface area contributed by atoms with Crippen molar-refractivity contribution in [1.82, 2.24) is 0 Å². The van der Waals surface area contributed by atoms with Crippen LogP contribution in [0, 0.1) is 0 Å². The number of rotatable bonds is 3. The minimum Gasteiger partial charge on any atom is -0.395 e. The average molecular weight is 238 g/mol. The first-order chi connectivity index (χ1) is 7.31. The van der Waals surface area contributed by atoms with Gasteiger partial charge in [-0.1, -0.05) is 42.5 Å². The minimum absolute atomic E-state index is 0. The first kappa shape index (κ1) is 13.0. The van der Waals surface area contributed by atoms with Gasteiger partial charge in [-0.3, -0.25) is 0 Å². The Balaban J connectivity index is 0.00000128. The fourth-order valence-corrected chi connectivity index (χ4v) is 1.82. The van der Waals surface area contributed by atoms with E-state index in [0.29, 0.717) is 0 Å². The van der Waals surface area contributed by atoms with Crippen LogP contribution in [0.4, 0.5) is 0 Å². The zero-order valence-electron chi connectivity index (χ0n) is 8.97. The highest BCUT2D eigenvalue weighted by molar-refractivity contribution is 5.86. The maximum atomic E-state index is 8.94. The van der Waals surface area contributed by atoms with Crippen molar-refractivity contribution in [2.75, 3.05) is 6.61 Å². The number of aliphatic hydroxyl groups is 1. The highest BCUT2D eigenvalue weighted by Crippen LogP contribution is 2.19. The van der Waals surface area contributed by atoms with Gasteiger partial charge >= 0.3 is 0 Å². The van der Waals surface area contributed by atoms with E-state index < -0.39 is 0 Å². The smallest absolute Gasteiger partial charge is 0.0585 e. The molecule has 2 rings (SSSR count). The third-order valence-corrected chi connectivity index (χ3v) is 2.60. The van der Waals surface area contributed by atoms with Crippen LogP contribution in [0.3, 0.4) is 0 Å². The molecule has 0 saturated heterocycles. The van der Waals surface area contributed by atoms with Gasteiger partial charge < -0.3 is 10.8 Å². The number of hydrogen-bond donors (Lipinski definition) is 2. The van der Waals surface area contributed by atoms with Gasteiger partial charge in [-0.2, -0.15) is 0 Å². The van der Waals surface area contributed by atoms with Gasteiger partial charge in [0.1, 0.15) is 0 Å². The lowest BCUT2D eigenvalue weighted by atomic mass is 9.99. The van der Waals surface area contributed by atoms with Crippen LogP contribution in [-0.2, 0) is 6.42 Å². The number of aliphatic hydroxyl groups excluding tert-OH is 1. The van der Waals surface area contributed by atoms with Gasteiger partial charge in [0.15, 0.2) is 0 Å². The molecule has 0 fully saturated rings. The van der Waals surface area contributed by atoms with Crippen molar-refractivity contribution < 1.29 is 5.11 Å². The lowest BCUT2D eigenvalue weighted by molar-refractivity contribution is 0.265. The van der Waals surface area contributed by atoms with E-state index in [2.05, 4.69) is 24.3 Å².